The maximum absolute atomic E-state index is 14.3. The quantitative estimate of drug-likeness (QED) is 0.125. The standard InChI is InChI=1S/C43H46N6O9S/c1-6-27-22-43(27,41(53)48-59(5,55)56)47-39(51)34-20-29(58-36-21-32(25-12-8-7-9-13-25)44-33-19-28(57-4)16-17-31(33)36)23-49(34)42(54)46-37(24(2)3)40(52)45-38-30-15-11-10-14-26(30)18-35(38)50/h6-17,19,21,27,29,34-35,37-38,50H,1-2,18,20,22-23H2,3-5H3,(H,45,52)(H,46,54)(H,47,51)(H,48,53)/t27?,29?,34-,35+,37-,38-,43+/m0/s1. The fourth-order valence-corrected chi connectivity index (χ4v) is 8.41. The molecule has 59 heavy (non-hydrogen) atoms. The number of ether oxygens (including phenoxy) is 2. The summed E-state index contributed by atoms with van der Waals surface area (Å²) in [5, 5.41) is 19.8. The number of benzene rings is 3. The number of urea groups is 1. The molecule has 1 saturated heterocycles. The Labute approximate surface area is 341 Å². The number of carbonyl (C=O) groups excluding carboxylic acids is 4. The topological polar surface area (TPSA) is 205 Å². The number of nitrogens with one attached hydrogen (secondary N) is 4. The molecule has 308 valence electrons. The fourth-order valence-electron chi connectivity index (χ4n) is 7.89. The van der Waals surface area contributed by atoms with Crippen molar-refractivity contribution in [2.24, 2.45) is 5.92 Å². The molecule has 7 atom stereocenters. The van der Waals surface area contributed by atoms with Crippen molar-refractivity contribution in [2.45, 2.75) is 62.1 Å². The van der Waals surface area contributed by atoms with Gasteiger partial charge < -0.3 is 35.4 Å². The summed E-state index contributed by atoms with van der Waals surface area (Å²) in [6, 6.07) is 19.9. The van der Waals surface area contributed by atoms with E-state index in [4.69, 9.17) is 14.5 Å². The lowest BCUT2D eigenvalue weighted by atomic mass is 10.1. The Balaban J connectivity index is 1.18. The van der Waals surface area contributed by atoms with Gasteiger partial charge in [-0.3, -0.25) is 19.1 Å². The number of hydrogen-bond acceptors (Lipinski definition) is 10. The predicted octanol–water partition coefficient (Wildman–Crippen LogP) is 3.30. The first kappa shape index (κ1) is 40.9. The molecule has 4 aromatic rings. The number of pyridine rings is 1. The lowest BCUT2D eigenvalue weighted by molar-refractivity contribution is -0.131. The second-order valence-corrected chi connectivity index (χ2v) is 17.0. The van der Waals surface area contributed by atoms with Crippen LogP contribution in [0.5, 0.6) is 11.5 Å². The van der Waals surface area contributed by atoms with Crippen LogP contribution < -0.4 is 30.1 Å². The molecule has 2 fully saturated rings. The third-order valence-electron chi connectivity index (χ3n) is 11.0. The Morgan fingerprint density at radius 1 is 1.05 bits per heavy atom. The van der Waals surface area contributed by atoms with E-state index in [-0.39, 0.29) is 19.4 Å². The van der Waals surface area contributed by atoms with Crippen LogP contribution in [0.3, 0.4) is 0 Å². The van der Waals surface area contributed by atoms with Crippen LogP contribution >= 0.6 is 0 Å². The largest absolute Gasteiger partial charge is 0.497 e. The van der Waals surface area contributed by atoms with Crippen molar-refractivity contribution in [2.75, 3.05) is 19.9 Å². The highest BCUT2D eigenvalue weighted by atomic mass is 32.2. The van der Waals surface area contributed by atoms with Gasteiger partial charge in [0.15, 0.2) is 0 Å². The average Bonchev–Trinajstić information content (AvgIpc) is 3.61. The minimum Gasteiger partial charge on any atom is -0.497 e. The van der Waals surface area contributed by atoms with Crippen molar-refractivity contribution < 1.29 is 42.2 Å². The van der Waals surface area contributed by atoms with E-state index in [0.717, 1.165) is 22.9 Å². The summed E-state index contributed by atoms with van der Waals surface area (Å²) in [6.45, 7) is 9.12. The third-order valence-corrected chi connectivity index (χ3v) is 11.6. The molecular weight excluding hydrogens is 777 g/mol. The molecule has 2 unspecified atom stereocenters. The number of sulfonamides is 1. The molecule has 0 spiro atoms. The molecule has 1 saturated carbocycles. The third kappa shape index (κ3) is 8.50. The van der Waals surface area contributed by atoms with Crippen LogP contribution in [0.1, 0.15) is 36.9 Å². The second kappa shape index (κ2) is 16.2. The first-order valence-corrected chi connectivity index (χ1v) is 21.0. The molecule has 3 aromatic carbocycles. The number of likely N-dealkylation sites (tertiary alicyclic amines) is 1. The molecule has 7 rings (SSSR count). The molecule has 5 N–H and O–H groups in total. The highest BCUT2D eigenvalue weighted by molar-refractivity contribution is 7.89. The summed E-state index contributed by atoms with van der Waals surface area (Å²) in [5.41, 5.74) is 2.34. The minimum atomic E-state index is -3.98. The van der Waals surface area contributed by atoms with Gasteiger partial charge in [-0.25, -0.2) is 18.2 Å². The Morgan fingerprint density at radius 3 is 2.46 bits per heavy atom. The Bertz CT molecular complexity index is 2460. The average molecular weight is 823 g/mol. The van der Waals surface area contributed by atoms with Crippen molar-refractivity contribution in [1.29, 1.82) is 0 Å². The molecule has 15 nitrogen and oxygen atoms in total. The zero-order valence-electron chi connectivity index (χ0n) is 32.8. The summed E-state index contributed by atoms with van der Waals surface area (Å²) in [5.74, 6) is -1.85. The molecule has 16 heteroatoms. The minimum absolute atomic E-state index is 0.0442. The SMILES string of the molecule is C=CC1C[C@]1(NC(=O)[C@@H]1CC(Oc2cc(-c3ccccc3)nc3cc(OC)ccc23)CN1C(=O)N[C@@H](C(=C)C)C(=O)N[C@H]1c2ccccc2C[C@H]1O)C(=O)NS(C)(=O)=O. The molecule has 2 heterocycles. The number of aromatic nitrogens is 1. The van der Waals surface area contributed by atoms with Gasteiger partial charge in [0.25, 0.3) is 5.91 Å². The van der Waals surface area contributed by atoms with Gasteiger partial charge >= 0.3 is 6.03 Å². The van der Waals surface area contributed by atoms with Gasteiger partial charge in [-0.15, -0.1) is 6.58 Å². The van der Waals surface area contributed by atoms with Gasteiger partial charge in [0.1, 0.15) is 35.2 Å². The zero-order valence-corrected chi connectivity index (χ0v) is 33.6. The van der Waals surface area contributed by atoms with Crippen molar-refractivity contribution >= 4 is 44.7 Å². The summed E-state index contributed by atoms with van der Waals surface area (Å²) in [6.07, 6.45) is 1.01. The Hall–Kier alpha value is -6.26. The van der Waals surface area contributed by atoms with Gasteiger partial charge in [0, 0.05) is 41.8 Å². The number of aliphatic hydroxyl groups is 1. The van der Waals surface area contributed by atoms with Gasteiger partial charge in [-0.2, -0.15) is 0 Å². The van der Waals surface area contributed by atoms with E-state index in [2.05, 4.69) is 29.1 Å². The van der Waals surface area contributed by atoms with Crippen LogP contribution in [0.25, 0.3) is 22.2 Å². The number of fused-ring (bicyclic) bond motifs is 2. The van der Waals surface area contributed by atoms with Crippen LogP contribution in [-0.2, 0) is 30.8 Å². The van der Waals surface area contributed by atoms with Gasteiger partial charge in [-0.05, 0) is 42.2 Å². The number of nitrogens with zero attached hydrogens (tertiary/aromatic N) is 2. The smallest absolute Gasteiger partial charge is 0.319 e. The van der Waals surface area contributed by atoms with Crippen molar-refractivity contribution in [3.8, 4) is 22.8 Å². The number of hydrogen-bond donors (Lipinski definition) is 5. The number of aliphatic hydroxyl groups excluding tert-OH is 1. The monoisotopic (exact) mass is 822 g/mol. The maximum atomic E-state index is 14.3. The summed E-state index contributed by atoms with van der Waals surface area (Å²) >= 11 is 0. The molecule has 5 amide bonds. The normalized spacial score (nSPS) is 23.7. The van der Waals surface area contributed by atoms with Crippen molar-refractivity contribution in [3.63, 3.8) is 0 Å². The van der Waals surface area contributed by atoms with E-state index < -0.39 is 75.6 Å². The lowest BCUT2D eigenvalue weighted by Gasteiger charge is -2.29. The van der Waals surface area contributed by atoms with E-state index in [9.17, 15) is 32.7 Å². The molecule has 2 aliphatic carbocycles. The predicted molar refractivity (Wildman–Crippen MR) is 220 cm³/mol. The highest BCUT2D eigenvalue weighted by Crippen LogP contribution is 2.45. The molecule has 1 aromatic heterocycles. The first-order valence-electron chi connectivity index (χ1n) is 19.1. The summed E-state index contributed by atoms with van der Waals surface area (Å²) in [4.78, 5) is 61.8. The Morgan fingerprint density at radius 2 is 1.78 bits per heavy atom. The zero-order chi connectivity index (χ0) is 42.2. The van der Waals surface area contributed by atoms with Crippen LogP contribution in [-0.4, -0.2) is 96.9 Å². The Kier molecular flexibility index (Phi) is 11.2. The summed E-state index contributed by atoms with van der Waals surface area (Å²) in [7, 11) is -2.43. The van der Waals surface area contributed by atoms with Gasteiger partial charge in [0.05, 0.1) is 43.3 Å². The van der Waals surface area contributed by atoms with E-state index in [1.807, 2.05) is 59.3 Å². The van der Waals surface area contributed by atoms with Gasteiger partial charge in [-0.1, -0.05) is 67.3 Å². The molecule has 0 bridgehead atoms. The fraction of sp³-hybridized carbons (Fsp3) is 0.326. The summed E-state index contributed by atoms with van der Waals surface area (Å²) < 4.78 is 38.1. The van der Waals surface area contributed by atoms with Crippen LogP contribution in [0.4, 0.5) is 4.79 Å². The van der Waals surface area contributed by atoms with E-state index in [1.54, 1.807) is 38.3 Å². The van der Waals surface area contributed by atoms with Crippen molar-refractivity contribution in [3.05, 3.63) is 115 Å². The number of methoxy groups -OCH3 is 1. The van der Waals surface area contributed by atoms with Crippen LogP contribution in [0.15, 0.2) is 104 Å². The first-order chi connectivity index (χ1) is 28.1. The van der Waals surface area contributed by atoms with Gasteiger partial charge in [0.2, 0.25) is 21.8 Å². The maximum Gasteiger partial charge on any atom is 0.319 e. The molecule has 3 aliphatic rings. The highest BCUT2D eigenvalue weighted by Gasteiger charge is 2.61. The van der Waals surface area contributed by atoms with Crippen LogP contribution in [0, 0.1) is 5.92 Å². The molecular formula is C43H46N6O9S. The second-order valence-electron chi connectivity index (χ2n) is 15.3. The van der Waals surface area contributed by atoms with E-state index in [1.165, 1.54) is 11.0 Å². The number of rotatable bonds is 13. The molecule has 0 radical (unpaired) electrons. The molecule has 1 aliphatic heterocycles. The van der Waals surface area contributed by atoms with E-state index >= 15 is 0 Å². The van der Waals surface area contributed by atoms with E-state index in [0.29, 0.717) is 40.1 Å². The van der Waals surface area contributed by atoms with Crippen molar-refractivity contribution in [1.82, 2.24) is 30.6 Å². The number of carbonyl (C=O) groups is 4. The van der Waals surface area contributed by atoms with Crippen LogP contribution in [0.2, 0.25) is 0 Å². The number of amides is 5. The lowest BCUT2D eigenvalue weighted by Crippen LogP contribution is -2.58.